The molecule has 0 N–H and O–H groups in total. The Balaban J connectivity index is 2.66. The van der Waals surface area contributed by atoms with Crippen molar-refractivity contribution in [3.05, 3.63) is 94.7 Å². The Kier molecular flexibility index (Phi) is 8.08. The molecular formula is C25H31N. The van der Waals surface area contributed by atoms with Crippen LogP contribution in [0.1, 0.15) is 64.5 Å². The van der Waals surface area contributed by atoms with Gasteiger partial charge in [0.25, 0.3) is 0 Å². The van der Waals surface area contributed by atoms with Crippen molar-refractivity contribution in [1.82, 2.24) is 0 Å². The van der Waals surface area contributed by atoms with Crippen LogP contribution in [-0.2, 0) is 0 Å². The van der Waals surface area contributed by atoms with Gasteiger partial charge in [-0.1, -0.05) is 94.4 Å². The summed E-state index contributed by atoms with van der Waals surface area (Å²) in [6.07, 6.45) is 6.44. The first kappa shape index (κ1) is 19.9. The molecule has 0 saturated heterocycles. The minimum atomic E-state index is 0.938. The summed E-state index contributed by atoms with van der Waals surface area (Å²) >= 11 is 0. The number of benzene rings is 2. The van der Waals surface area contributed by atoms with Gasteiger partial charge < -0.3 is 0 Å². The Morgan fingerprint density at radius 3 is 1.65 bits per heavy atom. The van der Waals surface area contributed by atoms with Gasteiger partial charge in [-0.3, -0.25) is 4.99 Å². The molecular weight excluding hydrogens is 314 g/mol. The summed E-state index contributed by atoms with van der Waals surface area (Å²) in [5, 5.41) is 0. The number of hydrogen-bond acceptors (Lipinski definition) is 1. The van der Waals surface area contributed by atoms with Crippen LogP contribution in [0, 0.1) is 0 Å². The molecule has 0 amide bonds. The van der Waals surface area contributed by atoms with Crippen LogP contribution in [0.2, 0.25) is 0 Å². The predicted molar refractivity (Wildman–Crippen MR) is 115 cm³/mol. The predicted octanol–water partition coefficient (Wildman–Crippen LogP) is 7.34. The van der Waals surface area contributed by atoms with Crippen LogP contribution in [0.4, 0.5) is 0 Å². The Labute approximate surface area is 159 Å². The van der Waals surface area contributed by atoms with E-state index in [1.807, 2.05) is 0 Å². The van der Waals surface area contributed by atoms with E-state index in [2.05, 4.69) is 94.4 Å². The van der Waals surface area contributed by atoms with Crippen molar-refractivity contribution in [3.8, 4) is 0 Å². The highest BCUT2D eigenvalue weighted by molar-refractivity contribution is 6.13. The first-order valence-electron chi connectivity index (χ1n) is 9.85. The standard InChI is InChI=1S/C25H31N/c1-5-15-20(6-2)23(7-3)24(8-4)26-25(21-16-11-9-12-17-21)22-18-13-10-14-19-22/h9-19H,5-8H2,1-4H3/b20-15+,24-23-. The topological polar surface area (TPSA) is 12.4 Å². The molecule has 0 aromatic heterocycles. The lowest BCUT2D eigenvalue weighted by Gasteiger charge is -2.15. The maximum atomic E-state index is 5.21. The third-order valence-electron chi connectivity index (χ3n) is 4.60. The van der Waals surface area contributed by atoms with E-state index < -0.39 is 0 Å². The van der Waals surface area contributed by atoms with Gasteiger partial charge in [0.05, 0.1) is 5.71 Å². The summed E-state index contributed by atoms with van der Waals surface area (Å²) in [7, 11) is 0. The molecule has 2 rings (SSSR count). The van der Waals surface area contributed by atoms with Gasteiger partial charge in [0.15, 0.2) is 0 Å². The molecule has 1 nitrogen and oxygen atoms in total. The summed E-state index contributed by atoms with van der Waals surface area (Å²) in [6.45, 7) is 8.90. The number of hydrogen-bond donors (Lipinski definition) is 0. The lowest BCUT2D eigenvalue weighted by atomic mass is 9.96. The summed E-state index contributed by atoms with van der Waals surface area (Å²) in [4.78, 5) is 5.21. The van der Waals surface area contributed by atoms with Crippen molar-refractivity contribution >= 4 is 5.71 Å². The van der Waals surface area contributed by atoms with Crippen LogP contribution in [0.25, 0.3) is 0 Å². The summed E-state index contributed by atoms with van der Waals surface area (Å²) < 4.78 is 0. The number of allylic oxidation sites excluding steroid dienone is 4. The quantitative estimate of drug-likeness (QED) is 0.350. The van der Waals surface area contributed by atoms with Crippen LogP contribution in [-0.4, -0.2) is 5.71 Å². The molecule has 0 saturated carbocycles. The number of aliphatic imine (C=N–C) groups is 1. The normalized spacial score (nSPS) is 12.5. The lowest BCUT2D eigenvalue weighted by molar-refractivity contribution is 0.934. The van der Waals surface area contributed by atoms with Crippen molar-refractivity contribution in [2.75, 3.05) is 0 Å². The first-order valence-corrected chi connectivity index (χ1v) is 9.85. The van der Waals surface area contributed by atoms with Gasteiger partial charge >= 0.3 is 0 Å². The summed E-state index contributed by atoms with van der Waals surface area (Å²) in [5.41, 5.74) is 7.44. The van der Waals surface area contributed by atoms with E-state index >= 15 is 0 Å². The van der Waals surface area contributed by atoms with Crippen LogP contribution in [0.15, 0.2) is 88.6 Å². The van der Waals surface area contributed by atoms with Gasteiger partial charge in [0, 0.05) is 16.8 Å². The molecule has 2 aromatic rings. The fourth-order valence-electron chi connectivity index (χ4n) is 3.33. The average molecular weight is 346 g/mol. The summed E-state index contributed by atoms with van der Waals surface area (Å²) in [6, 6.07) is 21.0. The fourth-order valence-corrected chi connectivity index (χ4v) is 3.33. The van der Waals surface area contributed by atoms with Crippen LogP contribution >= 0.6 is 0 Å². The first-order chi connectivity index (χ1) is 12.7. The summed E-state index contributed by atoms with van der Waals surface area (Å²) in [5.74, 6) is 0. The highest BCUT2D eigenvalue weighted by Crippen LogP contribution is 2.26. The largest absolute Gasteiger partial charge is 0.252 e. The molecule has 1 heteroatoms. The Morgan fingerprint density at radius 1 is 0.731 bits per heavy atom. The van der Waals surface area contributed by atoms with Crippen molar-refractivity contribution in [2.45, 2.75) is 53.4 Å². The molecule has 136 valence electrons. The molecule has 0 atom stereocenters. The van der Waals surface area contributed by atoms with E-state index in [4.69, 9.17) is 4.99 Å². The lowest BCUT2D eigenvalue weighted by Crippen LogP contribution is -2.05. The van der Waals surface area contributed by atoms with Crippen LogP contribution in [0.3, 0.4) is 0 Å². The van der Waals surface area contributed by atoms with Gasteiger partial charge in [0.2, 0.25) is 0 Å². The SMILES string of the molecule is CC/C=C(CC)/C(CC)=C(/CC)N=C(c1ccccc1)c1ccccc1. The Hall–Kier alpha value is -2.41. The monoisotopic (exact) mass is 345 g/mol. The van der Waals surface area contributed by atoms with Crippen LogP contribution in [0.5, 0.6) is 0 Å². The molecule has 0 radical (unpaired) electrons. The van der Waals surface area contributed by atoms with Crippen molar-refractivity contribution in [3.63, 3.8) is 0 Å². The van der Waals surface area contributed by atoms with Gasteiger partial charge in [-0.15, -0.1) is 0 Å². The highest BCUT2D eigenvalue weighted by atomic mass is 14.8. The highest BCUT2D eigenvalue weighted by Gasteiger charge is 2.11. The van der Waals surface area contributed by atoms with Crippen LogP contribution < -0.4 is 0 Å². The zero-order chi connectivity index (χ0) is 18.8. The van der Waals surface area contributed by atoms with E-state index in [0.29, 0.717) is 0 Å². The number of rotatable bonds is 8. The molecule has 0 unspecified atom stereocenters. The molecule has 0 spiro atoms. The molecule has 2 aromatic carbocycles. The fraction of sp³-hybridized carbons (Fsp3) is 0.320. The zero-order valence-electron chi connectivity index (χ0n) is 16.6. The van der Waals surface area contributed by atoms with E-state index in [-0.39, 0.29) is 0 Å². The average Bonchev–Trinajstić information content (AvgIpc) is 2.71. The second-order valence-electron chi connectivity index (χ2n) is 6.32. The maximum absolute atomic E-state index is 5.21. The maximum Gasteiger partial charge on any atom is 0.0777 e. The molecule has 0 fully saturated rings. The van der Waals surface area contributed by atoms with E-state index in [1.165, 1.54) is 16.8 Å². The van der Waals surface area contributed by atoms with Gasteiger partial charge in [-0.25, -0.2) is 0 Å². The van der Waals surface area contributed by atoms with Gasteiger partial charge in [-0.2, -0.15) is 0 Å². The molecule has 0 bridgehead atoms. The molecule has 26 heavy (non-hydrogen) atoms. The minimum absolute atomic E-state index is 0.938. The van der Waals surface area contributed by atoms with Gasteiger partial charge in [0.1, 0.15) is 0 Å². The molecule has 0 aliphatic rings. The number of nitrogens with zero attached hydrogens (tertiary/aromatic N) is 1. The molecule has 0 heterocycles. The van der Waals surface area contributed by atoms with Crippen molar-refractivity contribution in [1.29, 1.82) is 0 Å². The second-order valence-corrected chi connectivity index (χ2v) is 6.32. The smallest absolute Gasteiger partial charge is 0.0777 e. The second kappa shape index (κ2) is 10.6. The van der Waals surface area contributed by atoms with Crippen molar-refractivity contribution < 1.29 is 0 Å². The Bertz CT molecular complexity index is 723. The zero-order valence-corrected chi connectivity index (χ0v) is 16.6. The Morgan fingerprint density at radius 2 is 1.27 bits per heavy atom. The minimum Gasteiger partial charge on any atom is -0.252 e. The van der Waals surface area contributed by atoms with Crippen molar-refractivity contribution in [2.24, 2.45) is 4.99 Å². The van der Waals surface area contributed by atoms with E-state index in [0.717, 1.165) is 42.5 Å². The van der Waals surface area contributed by atoms with E-state index in [1.54, 1.807) is 0 Å². The third kappa shape index (κ3) is 5.05. The van der Waals surface area contributed by atoms with Gasteiger partial charge in [-0.05, 0) is 36.8 Å². The third-order valence-corrected chi connectivity index (χ3v) is 4.60. The molecule has 0 aliphatic carbocycles. The van der Waals surface area contributed by atoms with E-state index in [9.17, 15) is 0 Å². The molecule has 0 aliphatic heterocycles.